The van der Waals surface area contributed by atoms with Crippen molar-refractivity contribution in [1.29, 1.82) is 0 Å². The average Bonchev–Trinajstić information content (AvgIpc) is 2.82. The quantitative estimate of drug-likeness (QED) is 0.317. The molecule has 0 heterocycles. The minimum absolute atomic E-state index is 0.00371. The van der Waals surface area contributed by atoms with E-state index in [4.69, 9.17) is 14.6 Å². The standard InChI is InChI=1S/C27H25F4NO5/c1-15-10-21(7-4-17(15)5-9-25(33)34)37-22-12-18(11-20(28)14-22)16(2)32-26(35)23-8-6-19(27(29,30)31)13-24(23)36-3/h4,6-8,10-14,16H,5,9H2,1-3H3,(H,32,35)(H,33,34)/t16-/m1/s1. The fourth-order valence-corrected chi connectivity index (χ4v) is 3.70. The van der Waals surface area contributed by atoms with Crippen molar-refractivity contribution in [2.24, 2.45) is 0 Å². The Bertz CT molecular complexity index is 1310. The molecule has 3 rings (SSSR count). The number of aliphatic carboxylic acids is 1. The second-order valence-corrected chi connectivity index (χ2v) is 8.41. The number of aryl methyl sites for hydroxylation is 2. The molecule has 0 aliphatic rings. The zero-order valence-corrected chi connectivity index (χ0v) is 20.3. The van der Waals surface area contributed by atoms with Gasteiger partial charge in [0, 0.05) is 12.5 Å². The molecule has 3 aromatic rings. The van der Waals surface area contributed by atoms with Gasteiger partial charge in [-0.1, -0.05) is 6.07 Å². The van der Waals surface area contributed by atoms with E-state index >= 15 is 0 Å². The lowest BCUT2D eigenvalue weighted by Crippen LogP contribution is -2.27. The highest BCUT2D eigenvalue weighted by Crippen LogP contribution is 2.33. The molecule has 10 heteroatoms. The Morgan fingerprint density at radius 1 is 1.03 bits per heavy atom. The lowest BCUT2D eigenvalue weighted by Gasteiger charge is -2.18. The van der Waals surface area contributed by atoms with Crippen LogP contribution in [0.3, 0.4) is 0 Å². The Morgan fingerprint density at radius 2 is 1.76 bits per heavy atom. The highest BCUT2D eigenvalue weighted by atomic mass is 19.4. The number of methoxy groups -OCH3 is 1. The van der Waals surface area contributed by atoms with Crippen molar-refractivity contribution in [3.05, 3.63) is 88.2 Å². The lowest BCUT2D eigenvalue weighted by atomic mass is 10.0. The minimum atomic E-state index is -4.59. The number of rotatable bonds is 9. The number of nitrogens with one attached hydrogen (secondary N) is 1. The highest BCUT2D eigenvalue weighted by molar-refractivity contribution is 5.97. The van der Waals surface area contributed by atoms with Crippen molar-refractivity contribution in [3.8, 4) is 17.2 Å². The first-order valence-electron chi connectivity index (χ1n) is 11.2. The molecule has 0 aromatic heterocycles. The van der Waals surface area contributed by atoms with Gasteiger partial charge >= 0.3 is 12.1 Å². The number of carboxylic acids is 1. The first kappa shape index (κ1) is 27.5. The monoisotopic (exact) mass is 519 g/mol. The summed E-state index contributed by atoms with van der Waals surface area (Å²) in [5.41, 5.74) is 0.981. The van der Waals surface area contributed by atoms with Crippen LogP contribution in [0.4, 0.5) is 17.6 Å². The van der Waals surface area contributed by atoms with Gasteiger partial charge in [0.25, 0.3) is 5.91 Å². The number of carbonyl (C=O) groups is 2. The van der Waals surface area contributed by atoms with Crippen molar-refractivity contribution in [3.63, 3.8) is 0 Å². The van der Waals surface area contributed by atoms with E-state index in [1.165, 1.54) is 18.2 Å². The number of carboxylic acid groups (broad SMARTS) is 1. The molecule has 0 saturated carbocycles. The van der Waals surface area contributed by atoms with Crippen LogP contribution in [0.15, 0.2) is 54.6 Å². The smallest absolute Gasteiger partial charge is 0.416 e. The Morgan fingerprint density at radius 3 is 2.38 bits per heavy atom. The SMILES string of the molecule is COc1cc(C(F)(F)F)ccc1C(=O)N[C@H](C)c1cc(F)cc(Oc2ccc(CCC(=O)O)c(C)c2)c1. The molecule has 0 aliphatic carbocycles. The molecule has 0 radical (unpaired) electrons. The Hall–Kier alpha value is -4.08. The molecule has 0 fully saturated rings. The average molecular weight is 519 g/mol. The third-order valence-electron chi connectivity index (χ3n) is 5.67. The molecule has 6 nitrogen and oxygen atoms in total. The van der Waals surface area contributed by atoms with Crippen LogP contribution in [0.2, 0.25) is 0 Å². The van der Waals surface area contributed by atoms with Crippen molar-refractivity contribution in [1.82, 2.24) is 5.32 Å². The van der Waals surface area contributed by atoms with Gasteiger partial charge in [-0.15, -0.1) is 0 Å². The predicted molar refractivity (Wildman–Crippen MR) is 127 cm³/mol. The molecule has 1 atom stereocenters. The van der Waals surface area contributed by atoms with E-state index < -0.39 is 35.5 Å². The number of halogens is 4. The molecular formula is C27H25F4NO5. The topological polar surface area (TPSA) is 84.9 Å². The van der Waals surface area contributed by atoms with Gasteiger partial charge in [0.15, 0.2) is 0 Å². The van der Waals surface area contributed by atoms with Crippen molar-refractivity contribution in [2.45, 2.75) is 38.9 Å². The van der Waals surface area contributed by atoms with Gasteiger partial charge in [0.05, 0.1) is 24.3 Å². The van der Waals surface area contributed by atoms with Crippen LogP contribution in [-0.4, -0.2) is 24.1 Å². The molecule has 196 valence electrons. The minimum Gasteiger partial charge on any atom is -0.496 e. The van der Waals surface area contributed by atoms with E-state index in [-0.39, 0.29) is 23.5 Å². The molecule has 1 amide bonds. The van der Waals surface area contributed by atoms with E-state index in [1.807, 2.05) is 6.92 Å². The van der Waals surface area contributed by atoms with E-state index in [2.05, 4.69) is 5.32 Å². The first-order chi connectivity index (χ1) is 17.4. The Labute approximate surface area is 210 Å². The van der Waals surface area contributed by atoms with Crippen LogP contribution in [-0.2, 0) is 17.4 Å². The zero-order chi connectivity index (χ0) is 27.3. The summed E-state index contributed by atoms with van der Waals surface area (Å²) in [7, 11) is 1.16. The van der Waals surface area contributed by atoms with Crippen LogP contribution < -0.4 is 14.8 Å². The zero-order valence-electron chi connectivity index (χ0n) is 20.3. The van der Waals surface area contributed by atoms with Crippen molar-refractivity contribution in [2.75, 3.05) is 7.11 Å². The molecule has 2 N–H and O–H groups in total. The summed E-state index contributed by atoms with van der Waals surface area (Å²) in [5, 5.41) is 11.5. The Kier molecular flexibility index (Phi) is 8.42. The Balaban J connectivity index is 1.76. The normalized spacial score (nSPS) is 12.1. The first-order valence-corrected chi connectivity index (χ1v) is 11.2. The van der Waals surface area contributed by atoms with E-state index in [0.29, 0.717) is 17.7 Å². The fraction of sp³-hybridized carbons (Fsp3) is 0.259. The molecule has 0 unspecified atom stereocenters. The number of benzene rings is 3. The van der Waals surface area contributed by atoms with E-state index in [9.17, 15) is 27.2 Å². The number of hydrogen-bond donors (Lipinski definition) is 2. The number of hydrogen-bond acceptors (Lipinski definition) is 4. The molecule has 0 aliphatic heterocycles. The van der Waals surface area contributed by atoms with Gasteiger partial charge in [-0.05, 0) is 79.4 Å². The summed E-state index contributed by atoms with van der Waals surface area (Å²) in [6.07, 6.45) is -4.23. The second kappa shape index (κ2) is 11.3. The third kappa shape index (κ3) is 7.22. The van der Waals surface area contributed by atoms with E-state index in [0.717, 1.165) is 36.4 Å². The summed E-state index contributed by atoms with van der Waals surface area (Å²) >= 11 is 0. The number of alkyl halides is 3. The lowest BCUT2D eigenvalue weighted by molar-refractivity contribution is -0.138. The van der Waals surface area contributed by atoms with E-state index in [1.54, 1.807) is 25.1 Å². The largest absolute Gasteiger partial charge is 0.496 e. The summed E-state index contributed by atoms with van der Waals surface area (Å²) < 4.78 is 64.1. The van der Waals surface area contributed by atoms with Crippen molar-refractivity contribution < 1.29 is 41.7 Å². The molecule has 0 saturated heterocycles. The van der Waals surface area contributed by atoms with Crippen LogP contribution in [0.25, 0.3) is 0 Å². The third-order valence-corrected chi connectivity index (χ3v) is 5.67. The summed E-state index contributed by atoms with van der Waals surface area (Å²) in [6.45, 7) is 3.41. The van der Waals surface area contributed by atoms with Crippen molar-refractivity contribution >= 4 is 11.9 Å². The van der Waals surface area contributed by atoms with Gasteiger partial charge in [-0.3, -0.25) is 9.59 Å². The van der Waals surface area contributed by atoms with Crippen LogP contribution in [0.5, 0.6) is 17.2 Å². The van der Waals surface area contributed by atoms with Crippen LogP contribution in [0.1, 0.15) is 52.0 Å². The number of amides is 1. The summed E-state index contributed by atoms with van der Waals surface area (Å²) in [6, 6.07) is 10.8. The molecule has 0 spiro atoms. The van der Waals surface area contributed by atoms with Gasteiger partial charge in [0.1, 0.15) is 23.1 Å². The maximum Gasteiger partial charge on any atom is 0.416 e. The maximum absolute atomic E-state index is 14.4. The maximum atomic E-state index is 14.4. The van der Waals surface area contributed by atoms with Gasteiger partial charge in [-0.2, -0.15) is 13.2 Å². The van der Waals surface area contributed by atoms with Gasteiger partial charge < -0.3 is 19.9 Å². The molecule has 3 aromatic carbocycles. The van der Waals surface area contributed by atoms with Crippen LogP contribution >= 0.6 is 0 Å². The second-order valence-electron chi connectivity index (χ2n) is 8.41. The molecule has 0 bridgehead atoms. The van der Waals surface area contributed by atoms with Gasteiger partial charge in [-0.25, -0.2) is 4.39 Å². The van der Waals surface area contributed by atoms with Crippen LogP contribution in [0, 0.1) is 12.7 Å². The molecular weight excluding hydrogens is 494 g/mol. The van der Waals surface area contributed by atoms with Gasteiger partial charge in [0.2, 0.25) is 0 Å². The molecule has 37 heavy (non-hydrogen) atoms. The highest BCUT2D eigenvalue weighted by Gasteiger charge is 2.32. The number of carbonyl (C=O) groups excluding carboxylic acids is 1. The summed E-state index contributed by atoms with van der Waals surface area (Å²) in [4.78, 5) is 23.6. The number of ether oxygens (including phenoxy) is 2. The fourth-order valence-electron chi connectivity index (χ4n) is 3.70. The predicted octanol–water partition coefficient (Wildman–Crippen LogP) is 6.46. The summed E-state index contributed by atoms with van der Waals surface area (Å²) in [5.74, 6) is -1.87.